The molecule has 2 rings (SSSR count). The Morgan fingerprint density at radius 3 is 2.39 bits per heavy atom. The Morgan fingerprint density at radius 1 is 1.22 bits per heavy atom. The highest BCUT2D eigenvalue weighted by molar-refractivity contribution is 7.89. The molecule has 5 nitrogen and oxygen atoms in total. The predicted octanol–water partition coefficient (Wildman–Crippen LogP) is 3.07. The molecule has 0 atom stereocenters. The number of hydrogen-bond acceptors (Lipinski definition) is 5. The number of aryl methyl sites for hydroxylation is 2. The third-order valence-electron chi connectivity index (χ3n) is 3.15. The average molecular weight is 354 g/mol. The molecule has 0 aliphatic carbocycles. The fourth-order valence-electron chi connectivity index (χ4n) is 2.16. The summed E-state index contributed by atoms with van der Waals surface area (Å²) in [4.78, 5) is 5.70. The van der Waals surface area contributed by atoms with Crippen molar-refractivity contribution < 1.29 is 13.2 Å². The van der Waals surface area contributed by atoms with Crippen LogP contribution < -0.4 is 9.46 Å². The normalized spacial score (nSPS) is 11.9. The van der Waals surface area contributed by atoms with Crippen molar-refractivity contribution in [3.63, 3.8) is 0 Å². The molecule has 7 heteroatoms. The molecule has 1 aromatic carbocycles. The van der Waals surface area contributed by atoms with Gasteiger partial charge in [0.2, 0.25) is 10.0 Å². The highest BCUT2D eigenvalue weighted by atomic mass is 32.2. The van der Waals surface area contributed by atoms with Gasteiger partial charge < -0.3 is 4.74 Å². The lowest BCUT2D eigenvalue weighted by atomic mass is 10.3. The first-order chi connectivity index (χ1) is 10.8. The van der Waals surface area contributed by atoms with Crippen molar-refractivity contribution >= 4 is 21.4 Å². The van der Waals surface area contributed by atoms with Gasteiger partial charge in [0.1, 0.15) is 5.75 Å². The average Bonchev–Trinajstić information content (AvgIpc) is 2.77. The van der Waals surface area contributed by atoms with Crippen LogP contribution >= 0.6 is 11.3 Å². The van der Waals surface area contributed by atoms with Crippen LogP contribution in [0.2, 0.25) is 0 Å². The number of benzene rings is 1. The maximum absolute atomic E-state index is 12.3. The zero-order valence-corrected chi connectivity index (χ0v) is 15.4. The molecule has 0 amide bonds. The first-order valence-electron chi connectivity index (χ1n) is 7.47. The number of aromatic nitrogens is 1. The smallest absolute Gasteiger partial charge is 0.240 e. The van der Waals surface area contributed by atoms with E-state index in [-0.39, 0.29) is 11.0 Å². The molecule has 0 saturated heterocycles. The van der Waals surface area contributed by atoms with Crippen molar-refractivity contribution in [1.82, 2.24) is 9.71 Å². The quantitative estimate of drug-likeness (QED) is 0.830. The van der Waals surface area contributed by atoms with Gasteiger partial charge in [0.05, 0.1) is 21.7 Å². The minimum Gasteiger partial charge on any atom is -0.491 e. The molecule has 0 aliphatic rings. The van der Waals surface area contributed by atoms with Gasteiger partial charge in [-0.1, -0.05) is 0 Å². The Kier molecular flexibility index (Phi) is 5.78. The Bertz CT molecular complexity index is 750. The fourth-order valence-corrected chi connectivity index (χ4v) is 4.13. The van der Waals surface area contributed by atoms with Gasteiger partial charge in [-0.2, -0.15) is 0 Å². The summed E-state index contributed by atoms with van der Waals surface area (Å²) in [7, 11) is -3.50. The Morgan fingerprint density at radius 2 is 1.87 bits per heavy atom. The number of thiazole rings is 1. The summed E-state index contributed by atoms with van der Waals surface area (Å²) in [6.07, 6.45) is 0.701. The second-order valence-electron chi connectivity index (χ2n) is 5.53. The highest BCUT2D eigenvalue weighted by Crippen LogP contribution is 2.19. The summed E-state index contributed by atoms with van der Waals surface area (Å²) in [6.45, 7) is 8.10. The molecule has 1 aromatic heterocycles. The van der Waals surface area contributed by atoms with E-state index in [4.69, 9.17) is 4.74 Å². The number of ether oxygens (including phenoxy) is 1. The van der Waals surface area contributed by atoms with Crippen molar-refractivity contribution in [3.05, 3.63) is 39.8 Å². The molecule has 0 aliphatic heterocycles. The maximum atomic E-state index is 12.3. The number of rotatable bonds is 7. The standard InChI is InChI=1S/C16H22N2O3S2/c1-11(2)21-14-5-7-15(8-6-14)23(19,20)17-10-9-16-12(3)18-13(4)22-16/h5-8,11,17H,9-10H2,1-4H3. The monoisotopic (exact) mass is 354 g/mol. The largest absolute Gasteiger partial charge is 0.491 e. The van der Waals surface area contributed by atoms with Gasteiger partial charge in [-0.25, -0.2) is 18.1 Å². The predicted molar refractivity (Wildman–Crippen MR) is 92.7 cm³/mol. The molecule has 0 saturated carbocycles. The number of nitrogens with zero attached hydrogens (tertiary/aromatic N) is 1. The van der Waals surface area contributed by atoms with Crippen LogP contribution in [-0.4, -0.2) is 26.1 Å². The maximum Gasteiger partial charge on any atom is 0.240 e. The van der Waals surface area contributed by atoms with E-state index in [9.17, 15) is 8.42 Å². The topological polar surface area (TPSA) is 68.3 Å². The van der Waals surface area contributed by atoms with E-state index >= 15 is 0 Å². The lowest BCUT2D eigenvalue weighted by Gasteiger charge is -2.10. The summed E-state index contributed by atoms with van der Waals surface area (Å²) in [5.74, 6) is 0.662. The van der Waals surface area contributed by atoms with Crippen LogP contribution in [0.5, 0.6) is 5.75 Å². The number of hydrogen-bond donors (Lipinski definition) is 1. The van der Waals surface area contributed by atoms with E-state index in [2.05, 4.69) is 9.71 Å². The van der Waals surface area contributed by atoms with Crippen LogP contribution in [0.4, 0.5) is 0 Å². The van der Waals surface area contributed by atoms with E-state index in [1.807, 2.05) is 27.7 Å². The van der Waals surface area contributed by atoms with Crippen LogP contribution in [-0.2, 0) is 16.4 Å². The molecule has 23 heavy (non-hydrogen) atoms. The van der Waals surface area contributed by atoms with Crippen LogP contribution in [0.15, 0.2) is 29.2 Å². The molecular weight excluding hydrogens is 332 g/mol. The van der Waals surface area contributed by atoms with Gasteiger partial charge in [0, 0.05) is 11.4 Å². The molecule has 0 fully saturated rings. The van der Waals surface area contributed by atoms with Gasteiger partial charge >= 0.3 is 0 Å². The molecule has 2 aromatic rings. The van der Waals surface area contributed by atoms with Crippen LogP contribution in [0.1, 0.15) is 29.4 Å². The number of sulfonamides is 1. The number of nitrogens with one attached hydrogen (secondary N) is 1. The van der Waals surface area contributed by atoms with E-state index in [1.54, 1.807) is 35.6 Å². The van der Waals surface area contributed by atoms with E-state index in [1.165, 1.54) is 0 Å². The lowest BCUT2D eigenvalue weighted by molar-refractivity contribution is 0.242. The van der Waals surface area contributed by atoms with Gasteiger partial charge in [0.25, 0.3) is 0 Å². The molecular formula is C16H22N2O3S2. The third-order valence-corrected chi connectivity index (χ3v) is 5.76. The van der Waals surface area contributed by atoms with Crippen LogP contribution in [0, 0.1) is 13.8 Å². The summed E-state index contributed by atoms with van der Waals surface area (Å²) in [5, 5.41) is 1.00. The molecule has 1 heterocycles. The van der Waals surface area contributed by atoms with E-state index < -0.39 is 10.0 Å². The molecule has 126 valence electrons. The minimum absolute atomic E-state index is 0.0571. The molecule has 0 bridgehead atoms. The zero-order valence-electron chi connectivity index (χ0n) is 13.8. The van der Waals surface area contributed by atoms with Crippen molar-refractivity contribution in [3.8, 4) is 5.75 Å². The first-order valence-corrected chi connectivity index (χ1v) is 9.77. The fraction of sp³-hybridized carbons (Fsp3) is 0.438. The Labute approximate surface area is 141 Å². The van der Waals surface area contributed by atoms with Crippen molar-refractivity contribution in [2.24, 2.45) is 0 Å². The van der Waals surface area contributed by atoms with Crippen molar-refractivity contribution in [2.75, 3.05) is 6.54 Å². The van der Waals surface area contributed by atoms with Crippen molar-refractivity contribution in [2.45, 2.75) is 45.1 Å². The van der Waals surface area contributed by atoms with Gasteiger partial charge in [-0.15, -0.1) is 11.3 Å². The Hall–Kier alpha value is -1.44. The Balaban J connectivity index is 1.97. The first kappa shape index (κ1) is 17.9. The summed E-state index contributed by atoms with van der Waals surface area (Å²) < 4.78 is 32.7. The zero-order chi connectivity index (χ0) is 17.0. The van der Waals surface area contributed by atoms with Crippen LogP contribution in [0.3, 0.4) is 0 Å². The molecule has 0 radical (unpaired) electrons. The van der Waals surface area contributed by atoms with Gasteiger partial charge in [0.15, 0.2) is 0 Å². The summed E-state index contributed by atoms with van der Waals surface area (Å²) in [6, 6.07) is 6.46. The highest BCUT2D eigenvalue weighted by Gasteiger charge is 2.14. The third kappa shape index (κ3) is 5.02. The SMILES string of the molecule is Cc1nc(C)c(CCNS(=O)(=O)c2ccc(OC(C)C)cc2)s1. The molecule has 0 unspecified atom stereocenters. The summed E-state index contributed by atoms with van der Waals surface area (Å²) >= 11 is 1.61. The molecule has 0 spiro atoms. The second kappa shape index (κ2) is 7.42. The lowest BCUT2D eigenvalue weighted by Crippen LogP contribution is -2.26. The van der Waals surface area contributed by atoms with Crippen molar-refractivity contribution in [1.29, 1.82) is 0 Å². The van der Waals surface area contributed by atoms with E-state index in [0.29, 0.717) is 18.7 Å². The van der Waals surface area contributed by atoms with Crippen LogP contribution in [0.25, 0.3) is 0 Å². The minimum atomic E-state index is -3.50. The second-order valence-corrected chi connectivity index (χ2v) is 8.58. The van der Waals surface area contributed by atoms with Gasteiger partial charge in [-0.3, -0.25) is 0 Å². The van der Waals surface area contributed by atoms with Gasteiger partial charge in [-0.05, 0) is 58.4 Å². The summed E-state index contributed by atoms with van der Waals surface area (Å²) in [5.41, 5.74) is 0.974. The van der Waals surface area contributed by atoms with E-state index in [0.717, 1.165) is 15.6 Å². The molecule has 1 N–H and O–H groups in total.